The van der Waals surface area contributed by atoms with Gasteiger partial charge in [0.2, 0.25) is 0 Å². The molecule has 3 aromatic rings. The largest absolute Gasteiger partial charge is 0.0780 e. The van der Waals surface area contributed by atoms with Crippen LogP contribution in [0.3, 0.4) is 0 Å². The normalized spacial score (nSPS) is 18.2. The van der Waals surface area contributed by atoms with E-state index in [-0.39, 0.29) is 5.41 Å². The molecule has 2 aliphatic rings. The Labute approximate surface area is 176 Å². The average molecular weight is 395 g/mol. The second kappa shape index (κ2) is 6.31. The van der Waals surface area contributed by atoms with Gasteiger partial charge >= 0.3 is 0 Å². The van der Waals surface area contributed by atoms with E-state index >= 15 is 0 Å². The summed E-state index contributed by atoms with van der Waals surface area (Å²) in [5.41, 5.74) is 8.93. The lowest BCUT2D eigenvalue weighted by atomic mass is 9.64. The predicted octanol–water partition coefficient (Wildman–Crippen LogP) is 7.88. The first-order valence-electron chi connectivity index (χ1n) is 10.8. The molecule has 0 saturated carbocycles. The van der Waals surface area contributed by atoms with Crippen LogP contribution in [-0.2, 0) is 0 Å². The molecule has 0 spiro atoms. The third kappa shape index (κ3) is 2.71. The molecule has 0 bridgehead atoms. The van der Waals surface area contributed by atoms with Gasteiger partial charge in [-0.2, -0.15) is 0 Å². The van der Waals surface area contributed by atoms with Crippen molar-refractivity contribution in [1.29, 1.82) is 0 Å². The van der Waals surface area contributed by atoms with Crippen LogP contribution >= 0.6 is 0 Å². The van der Waals surface area contributed by atoms with Crippen molar-refractivity contribution in [2.45, 2.75) is 45.3 Å². The fourth-order valence-electron chi connectivity index (χ4n) is 5.77. The molecule has 1 unspecified atom stereocenters. The quantitative estimate of drug-likeness (QED) is 0.396. The van der Waals surface area contributed by atoms with E-state index in [0.29, 0.717) is 11.8 Å². The molecule has 0 amide bonds. The van der Waals surface area contributed by atoms with Crippen molar-refractivity contribution >= 4 is 13.3 Å². The van der Waals surface area contributed by atoms with E-state index < -0.39 is 8.07 Å². The van der Waals surface area contributed by atoms with E-state index in [2.05, 4.69) is 112 Å². The van der Waals surface area contributed by atoms with Gasteiger partial charge in [0.05, 0.1) is 8.07 Å². The van der Waals surface area contributed by atoms with Gasteiger partial charge in [-0.15, -0.1) is 0 Å². The molecule has 0 fully saturated rings. The first kappa shape index (κ1) is 18.6. The molecule has 1 atom stereocenters. The standard InChI is InChI=1S/C28H30Si/c1-28(2,25-18-26(29(3,4)5)22-15-9-8-14-21(22)25)27-23-16-10-6-12-19(23)20-13-7-11-17-24(20)27/h6-18,25,27H,1-5H3. The molecule has 29 heavy (non-hydrogen) atoms. The molecule has 0 aromatic heterocycles. The zero-order valence-corrected chi connectivity index (χ0v) is 19.2. The van der Waals surface area contributed by atoms with Gasteiger partial charge in [-0.3, -0.25) is 0 Å². The monoisotopic (exact) mass is 394 g/mol. The minimum atomic E-state index is -1.42. The molecular weight excluding hydrogens is 364 g/mol. The maximum absolute atomic E-state index is 2.64. The zero-order valence-electron chi connectivity index (χ0n) is 18.2. The molecule has 3 aromatic carbocycles. The fourth-order valence-corrected chi connectivity index (χ4v) is 7.47. The van der Waals surface area contributed by atoms with Crippen LogP contribution in [-0.4, -0.2) is 8.07 Å². The molecule has 0 aliphatic heterocycles. The lowest BCUT2D eigenvalue weighted by Crippen LogP contribution is -2.28. The van der Waals surface area contributed by atoms with Crippen molar-refractivity contribution in [2.24, 2.45) is 5.41 Å². The summed E-state index contributed by atoms with van der Waals surface area (Å²) in [6.07, 6.45) is 2.64. The summed E-state index contributed by atoms with van der Waals surface area (Å²) >= 11 is 0. The molecule has 0 radical (unpaired) electrons. The summed E-state index contributed by atoms with van der Waals surface area (Å²) < 4.78 is 0. The van der Waals surface area contributed by atoms with Gasteiger partial charge in [0.15, 0.2) is 0 Å². The first-order valence-corrected chi connectivity index (χ1v) is 14.3. The molecule has 1 heteroatoms. The highest BCUT2D eigenvalue weighted by Gasteiger charge is 2.46. The molecule has 0 N–H and O–H groups in total. The summed E-state index contributed by atoms with van der Waals surface area (Å²) in [4.78, 5) is 0. The highest BCUT2D eigenvalue weighted by Crippen LogP contribution is 2.60. The summed E-state index contributed by atoms with van der Waals surface area (Å²) in [6, 6.07) is 27.2. The molecule has 0 nitrogen and oxygen atoms in total. The maximum Gasteiger partial charge on any atom is 0.0780 e. The Morgan fingerprint density at radius 1 is 0.621 bits per heavy atom. The maximum atomic E-state index is 2.64. The third-order valence-electron chi connectivity index (χ3n) is 7.11. The van der Waals surface area contributed by atoms with Crippen LogP contribution in [0.15, 0.2) is 78.9 Å². The second-order valence-electron chi connectivity index (χ2n) is 10.3. The summed E-state index contributed by atoms with van der Waals surface area (Å²) in [5.74, 6) is 0.842. The van der Waals surface area contributed by atoms with Gasteiger partial charge in [0.1, 0.15) is 0 Å². The van der Waals surface area contributed by atoms with Crippen LogP contribution < -0.4 is 0 Å². The predicted molar refractivity (Wildman–Crippen MR) is 128 cm³/mol. The lowest BCUT2D eigenvalue weighted by molar-refractivity contribution is 0.287. The molecule has 146 valence electrons. The molecular formula is C28H30Si. The van der Waals surface area contributed by atoms with E-state index in [1.54, 1.807) is 5.20 Å². The third-order valence-corrected chi connectivity index (χ3v) is 9.16. The summed E-state index contributed by atoms with van der Waals surface area (Å²) in [7, 11) is -1.42. The van der Waals surface area contributed by atoms with Crippen molar-refractivity contribution < 1.29 is 0 Å². The van der Waals surface area contributed by atoms with Gasteiger partial charge in [0, 0.05) is 11.8 Å². The number of hydrogen-bond donors (Lipinski definition) is 0. The zero-order chi connectivity index (χ0) is 20.4. The van der Waals surface area contributed by atoms with E-state index in [1.807, 2.05) is 0 Å². The van der Waals surface area contributed by atoms with E-state index in [4.69, 9.17) is 0 Å². The highest BCUT2D eigenvalue weighted by atomic mass is 28.3. The Balaban J connectivity index is 1.71. The number of allylic oxidation sites excluding steroid dienone is 1. The minimum Gasteiger partial charge on any atom is -0.0766 e. The Bertz CT molecular complexity index is 1080. The van der Waals surface area contributed by atoms with Gasteiger partial charge in [-0.1, -0.05) is 118 Å². The van der Waals surface area contributed by atoms with Crippen LogP contribution in [0.4, 0.5) is 0 Å². The summed E-state index contributed by atoms with van der Waals surface area (Å²) in [5, 5.41) is 1.63. The van der Waals surface area contributed by atoms with Crippen molar-refractivity contribution in [2.75, 3.05) is 0 Å². The Morgan fingerprint density at radius 2 is 1.07 bits per heavy atom. The van der Waals surface area contributed by atoms with Gasteiger partial charge in [0.25, 0.3) is 0 Å². The van der Waals surface area contributed by atoms with Crippen molar-refractivity contribution in [3.8, 4) is 11.1 Å². The number of benzene rings is 3. The van der Waals surface area contributed by atoms with Crippen molar-refractivity contribution in [3.05, 3.63) is 101 Å². The fraction of sp³-hybridized carbons (Fsp3) is 0.286. The number of rotatable bonds is 3. The van der Waals surface area contributed by atoms with Gasteiger partial charge in [-0.05, 0) is 38.8 Å². The smallest absolute Gasteiger partial charge is 0.0766 e. The lowest BCUT2D eigenvalue weighted by Gasteiger charge is -2.38. The van der Waals surface area contributed by atoms with Crippen LogP contribution in [0.2, 0.25) is 19.6 Å². The van der Waals surface area contributed by atoms with Gasteiger partial charge < -0.3 is 0 Å². The molecule has 0 saturated heterocycles. The van der Waals surface area contributed by atoms with E-state index in [1.165, 1.54) is 33.4 Å². The number of fused-ring (bicyclic) bond motifs is 4. The van der Waals surface area contributed by atoms with Crippen LogP contribution in [0.1, 0.15) is 47.9 Å². The second-order valence-corrected chi connectivity index (χ2v) is 15.4. The molecule has 5 rings (SSSR count). The highest BCUT2D eigenvalue weighted by molar-refractivity contribution is 6.93. The van der Waals surface area contributed by atoms with Crippen LogP contribution in [0.25, 0.3) is 16.3 Å². The van der Waals surface area contributed by atoms with E-state index in [0.717, 1.165) is 0 Å². The summed E-state index contributed by atoms with van der Waals surface area (Å²) in [6.45, 7) is 12.4. The SMILES string of the molecule is CC(C)(C1C=C([Si](C)(C)C)c2ccccc21)C1c2ccccc2-c2ccccc21. The van der Waals surface area contributed by atoms with Crippen LogP contribution in [0.5, 0.6) is 0 Å². The van der Waals surface area contributed by atoms with Gasteiger partial charge in [-0.25, -0.2) is 0 Å². The number of hydrogen-bond acceptors (Lipinski definition) is 0. The Kier molecular flexibility index (Phi) is 4.05. The van der Waals surface area contributed by atoms with Crippen molar-refractivity contribution in [3.63, 3.8) is 0 Å². The molecule has 2 aliphatic carbocycles. The topological polar surface area (TPSA) is 0 Å². The minimum absolute atomic E-state index is 0.0835. The molecule has 0 heterocycles. The Hall–Kier alpha value is -2.38. The first-order chi connectivity index (χ1) is 13.8. The average Bonchev–Trinajstić information content (AvgIpc) is 3.25. The van der Waals surface area contributed by atoms with E-state index in [9.17, 15) is 0 Å². The van der Waals surface area contributed by atoms with Crippen LogP contribution in [0, 0.1) is 5.41 Å². The Morgan fingerprint density at radius 3 is 1.59 bits per heavy atom. The van der Waals surface area contributed by atoms with Crippen molar-refractivity contribution in [1.82, 2.24) is 0 Å².